The Morgan fingerprint density at radius 1 is 0.576 bits per heavy atom. The molecule has 0 saturated carbocycles. The molecule has 0 fully saturated rings. The highest BCUT2D eigenvalue weighted by atomic mass is 16.6. The van der Waals surface area contributed by atoms with Crippen molar-refractivity contribution in [1.29, 1.82) is 0 Å². The van der Waals surface area contributed by atoms with Gasteiger partial charge in [-0.05, 0) is 13.8 Å². The molecule has 0 bridgehead atoms. The summed E-state index contributed by atoms with van der Waals surface area (Å²) in [5.74, 6) is -1.10. The van der Waals surface area contributed by atoms with Crippen molar-refractivity contribution in [2.75, 3.05) is 79.3 Å². The van der Waals surface area contributed by atoms with Crippen LogP contribution in [0, 0.1) is 0 Å². The predicted molar refractivity (Wildman–Crippen MR) is 118 cm³/mol. The third-order valence-corrected chi connectivity index (χ3v) is 3.62. The zero-order chi connectivity index (χ0) is 24.9. The summed E-state index contributed by atoms with van der Waals surface area (Å²) in [6, 6.07) is 0. The molecule has 0 amide bonds. The van der Waals surface area contributed by atoms with Crippen LogP contribution in [0.5, 0.6) is 0 Å². The van der Waals surface area contributed by atoms with Crippen molar-refractivity contribution in [3.8, 4) is 0 Å². The largest absolute Gasteiger partial charge is 0.460 e. The zero-order valence-electron chi connectivity index (χ0n) is 19.6. The van der Waals surface area contributed by atoms with E-state index in [4.69, 9.17) is 33.2 Å². The van der Waals surface area contributed by atoms with Gasteiger partial charge in [0.1, 0.15) is 25.4 Å². The third-order valence-electron chi connectivity index (χ3n) is 3.62. The van der Waals surface area contributed by atoms with Crippen LogP contribution in [0.2, 0.25) is 0 Å². The Bertz CT molecular complexity index is 517. The molecule has 33 heavy (non-hydrogen) atoms. The van der Waals surface area contributed by atoms with E-state index in [2.05, 4.69) is 13.2 Å². The SMILES string of the molecule is C=C(C)C(=O)OCC(O)COCCOCCOCCOCCOCC(O)COC(=O)C(=C)C. The van der Waals surface area contributed by atoms with Gasteiger partial charge in [-0.15, -0.1) is 0 Å². The van der Waals surface area contributed by atoms with Gasteiger partial charge in [0.05, 0.1) is 66.1 Å². The van der Waals surface area contributed by atoms with Crippen LogP contribution in [-0.2, 0) is 42.7 Å². The molecule has 0 aromatic heterocycles. The van der Waals surface area contributed by atoms with E-state index in [1.165, 1.54) is 13.8 Å². The van der Waals surface area contributed by atoms with Crippen LogP contribution in [-0.4, -0.2) is 114 Å². The van der Waals surface area contributed by atoms with E-state index in [9.17, 15) is 19.8 Å². The lowest BCUT2D eigenvalue weighted by Crippen LogP contribution is -2.25. The van der Waals surface area contributed by atoms with Gasteiger partial charge in [0.2, 0.25) is 0 Å². The molecule has 0 saturated heterocycles. The highest BCUT2D eigenvalue weighted by Crippen LogP contribution is 1.96. The first-order valence-corrected chi connectivity index (χ1v) is 10.6. The molecule has 2 N–H and O–H groups in total. The molecule has 0 aliphatic carbocycles. The average Bonchev–Trinajstić information content (AvgIpc) is 2.77. The quantitative estimate of drug-likeness (QED) is 0.124. The molecule has 0 radical (unpaired) electrons. The van der Waals surface area contributed by atoms with E-state index in [1.807, 2.05) is 0 Å². The summed E-state index contributed by atoms with van der Waals surface area (Å²) in [5.41, 5.74) is 0.542. The summed E-state index contributed by atoms with van der Waals surface area (Å²) in [6.45, 7) is 12.6. The number of carbonyl (C=O) groups excluding carboxylic acids is 2. The fraction of sp³-hybridized carbons (Fsp3) is 0.727. The molecule has 0 aliphatic heterocycles. The first-order valence-electron chi connectivity index (χ1n) is 10.6. The molecule has 0 heterocycles. The molecule has 2 atom stereocenters. The van der Waals surface area contributed by atoms with E-state index in [0.717, 1.165) is 0 Å². The maximum atomic E-state index is 11.2. The van der Waals surface area contributed by atoms with E-state index < -0.39 is 24.1 Å². The molecule has 0 aromatic carbocycles. The lowest BCUT2D eigenvalue weighted by atomic mass is 10.3. The Morgan fingerprint density at radius 2 is 0.848 bits per heavy atom. The van der Waals surface area contributed by atoms with Crippen molar-refractivity contribution in [1.82, 2.24) is 0 Å². The van der Waals surface area contributed by atoms with Crippen molar-refractivity contribution < 1.29 is 53.0 Å². The van der Waals surface area contributed by atoms with E-state index >= 15 is 0 Å². The number of ether oxygens (including phenoxy) is 7. The highest BCUT2D eigenvalue weighted by molar-refractivity contribution is 5.87. The molecule has 2 unspecified atom stereocenters. The second kappa shape index (κ2) is 20.7. The number of rotatable bonds is 22. The number of hydrogen-bond donors (Lipinski definition) is 2. The predicted octanol–water partition coefficient (Wildman–Crippen LogP) is 0.0298. The summed E-state index contributed by atoms with van der Waals surface area (Å²) >= 11 is 0. The normalized spacial score (nSPS) is 12.7. The molecule has 11 nitrogen and oxygen atoms in total. The number of carbonyl (C=O) groups is 2. The van der Waals surface area contributed by atoms with Crippen LogP contribution < -0.4 is 0 Å². The summed E-state index contributed by atoms with van der Waals surface area (Å²) in [5, 5.41) is 19.2. The zero-order valence-corrected chi connectivity index (χ0v) is 19.6. The van der Waals surface area contributed by atoms with Gasteiger partial charge in [-0.1, -0.05) is 13.2 Å². The molecule has 11 heteroatoms. The molecule has 0 rings (SSSR count). The van der Waals surface area contributed by atoms with E-state index in [0.29, 0.717) is 52.9 Å². The smallest absolute Gasteiger partial charge is 0.333 e. The van der Waals surface area contributed by atoms with Crippen LogP contribution in [0.1, 0.15) is 13.8 Å². The maximum absolute atomic E-state index is 11.2. The van der Waals surface area contributed by atoms with Crippen LogP contribution in [0.4, 0.5) is 0 Å². The van der Waals surface area contributed by atoms with E-state index in [-0.39, 0.29) is 37.6 Å². The minimum Gasteiger partial charge on any atom is -0.460 e. The van der Waals surface area contributed by atoms with Crippen molar-refractivity contribution in [3.05, 3.63) is 24.3 Å². The fourth-order valence-corrected chi connectivity index (χ4v) is 1.90. The van der Waals surface area contributed by atoms with Crippen molar-refractivity contribution in [2.45, 2.75) is 26.1 Å². The minimum absolute atomic E-state index is 0.0335. The lowest BCUT2D eigenvalue weighted by molar-refractivity contribution is -0.143. The van der Waals surface area contributed by atoms with Gasteiger partial charge in [0, 0.05) is 11.1 Å². The topological polar surface area (TPSA) is 139 Å². The number of aliphatic hydroxyl groups excluding tert-OH is 2. The molecular weight excluding hydrogens is 440 g/mol. The number of aliphatic hydroxyl groups is 2. The molecule has 0 aliphatic rings. The molecule has 0 aromatic rings. The Labute approximate surface area is 195 Å². The Morgan fingerprint density at radius 3 is 1.12 bits per heavy atom. The van der Waals surface area contributed by atoms with Crippen LogP contribution >= 0.6 is 0 Å². The highest BCUT2D eigenvalue weighted by Gasteiger charge is 2.10. The van der Waals surface area contributed by atoms with Gasteiger partial charge < -0.3 is 43.4 Å². The van der Waals surface area contributed by atoms with Gasteiger partial charge in [-0.25, -0.2) is 9.59 Å². The van der Waals surface area contributed by atoms with E-state index in [1.54, 1.807) is 0 Å². The van der Waals surface area contributed by atoms with Crippen molar-refractivity contribution in [2.24, 2.45) is 0 Å². The van der Waals surface area contributed by atoms with Gasteiger partial charge in [-0.3, -0.25) is 0 Å². The third kappa shape index (κ3) is 20.5. The van der Waals surface area contributed by atoms with Gasteiger partial charge in [0.25, 0.3) is 0 Å². The number of hydrogen-bond acceptors (Lipinski definition) is 11. The van der Waals surface area contributed by atoms with Crippen molar-refractivity contribution >= 4 is 11.9 Å². The summed E-state index contributed by atoms with van der Waals surface area (Å²) in [4.78, 5) is 22.4. The Balaban J connectivity index is 3.31. The molecular formula is C22H38O11. The summed E-state index contributed by atoms with van der Waals surface area (Å²) < 4.78 is 36.1. The van der Waals surface area contributed by atoms with Crippen molar-refractivity contribution in [3.63, 3.8) is 0 Å². The van der Waals surface area contributed by atoms with Gasteiger partial charge >= 0.3 is 11.9 Å². The van der Waals surface area contributed by atoms with Gasteiger partial charge in [-0.2, -0.15) is 0 Å². The second-order valence-corrected chi connectivity index (χ2v) is 7.05. The maximum Gasteiger partial charge on any atom is 0.333 e. The first-order chi connectivity index (χ1) is 15.7. The molecule has 0 spiro atoms. The monoisotopic (exact) mass is 478 g/mol. The van der Waals surface area contributed by atoms with Crippen LogP contribution in [0.25, 0.3) is 0 Å². The first kappa shape index (κ1) is 31.1. The molecule has 192 valence electrons. The fourth-order valence-electron chi connectivity index (χ4n) is 1.90. The lowest BCUT2D eigenvalue weighted by Gasteiger charge is -2.12. The Hall–Kier alpha value is -1.86. The van der Waals surface area contributed by atoms with Crippen LogP contribution in [0.3, 0.4) is 0 Å². The van der Waals surface area contributed by atoms with Gasteiger partial charge in [0.15, 0.2) is 0 Å². The summed E-state index contributed by atoms with van der Waals surface area (Å²) in [6.07, 6.45) is -1.81. The second-order valence-electron chi connectivity index (χ2n) is 7.05. The standard InChI is InChI=1S/C22H38O11/c1-17(2)21(25)32-15-19(23)13-30-11-9-28-7-5-27-6-8-29-10-12-31-14-20(24)16-33-22(26)18(3)4/h19-20,23-24H,1,3,5-16H2,2,4H3. The summed E-state index contributed by atoms with van der Waals surface area (Å²) in [7, 11) is 0. The Kier molecular flexibility index (Phi) is 19.6. The minimum atomic E-state index is -0.904. The number of esters is 2. The van der Waals surface area contributed by atoms with Crippen LogP contribution in [0.15, 0.2) is 24.3 Å². The average molecular weight is 479 g/mol.